The van der Waals surface area contributed by atoms with Crippen LogP contribution in [0.4, 0.5) is 21.9 Å². The van der Waals surface area contributed by atoms with Crippen molar-refractivity contribution in [1.82, 2.24) is 25.3 Å². The van der Waals surface area contributed by atoms with Crippen molar-refractivity contribution in [2.75, 3.05) is 45.8 Å². The van der Waals surface area contributed by atoms with Crippen LogP contribution in [-0.2, 0) is 46.6 Å². The van der Waals surface area contributed by atoms with E-state index in [1.165, 1.54) is 44.6 Å². The number of rotatable bonds is 27. The number of aliphatic hydroxyl groups excluding tert-OH is 3. The van der Waals surface area contributed by atoms with Crippen molar-refractivity contribution in [3.05, 3.63) is 155 Å². The number of hydrogen-bond donors (Lipinski definition) is 7. The van der Waals surface area contributed by atoms with Gasteiger partial charge in [-0.15, -0.1) is 0 Å². The summed E-state index contributed by atoms with van der Waals surface area (Å²) in [7, 11) is 3.00. The lowest BCUT2D eigenvalue weighted by Gasteiger charge is -2.38. The van der Waals surface area contributed by atoms with Crippen molar-refractivity contribution in [1.29, 1.82) is 0 Å². The minimum absolute atomic E-state index is 0.0438. The summed E-state index contributed by atoms with van der Waals surface area (Å²) >= 11 is 0. The summed E-state index contributed by atoms with van der Waals surface area (Å²) in [5.41, 5.74) is 6.49. The normalized spacial score (nSPS) is 20.6. The first-order valence-corrected chi connectivity index (χ1v) is 31.2. The summed E-state index contributed by atoms with van der Waals surface area (Å²) in [4.78, 5) is 116. The number of benzene rings is 5. The number of amides is 7. The van der Waals surface area contributed by atoms with Gasteiger partial charge in [0.05, 0.1) is 67.7 Å². The lowest BCUT2D eigenvalue weighted by Crippen LogP contribution is -2.61. The molecule has 6 aliphatic heterocycles. The zero-order valence-electron chi connectivity index (χ0n) is 52.3. The number of carboxylic acids is 1. The molecule has 0 bridgehead atoms. The van der Waals surface area contributed by atoms with Gasteiger partial charge in [-0.05, 0) is 70.5 Å². The van der Waals surface area contributed by atoms with E-state index in [9.17, 15) is 58.8 Å². The Kier molecular flexibility index (Phi) is 20.9. The van der Waals surface area contributed by atoms with Gasteiger partial charge >= 0.3 is 12.1 Å². The van der Waals surface area contributed by atoms with Crippen LogP contribution < -0.4 is 39.6 Å². The van der Waals surface area contributed by atoms with Crippen LogP contribution in [0, 0.1) is 0 Å². The van der Waals surface area contributed by atoms with E-state index in [1.807, 2.05) is 60.8 Å². The second kappa shape index (κ2) is 30.1. The summed E-state index contributed by atoms with van der Waals surface area (Å²) in [6, 6.07) is 27.6. The van der Waals surface area contributed by atoms with Crippen LogP contribution >= 0.6 is 0 Å². The van der Waals surface area contributed by atoms with Gasteiger partial charge in [0.15, 0.2) is 29.1 Å². The van der Waals surface area contributed by atoms with E-state index in [0.29, 0.717) is 89.6 Å². The standard InChI is InChI=1S/C69H70N8O19/c1-90-53-29-47-49(71-34-45-27-43(36-76(45)65(47)85)41-10-5-3-6-11-41)31-55(53)92-24-9-25-93-56-32-50-48(30-54(56)91-2)66(86)77-37-44(28-46(77)35-72-50)42-16-13-39(14-17-42)33-73-69(89)94-38-40-15-18-52(95-68-63(84)61(82)62(83)64(96-68)67(87)88)51(26-40)74-58(79)21-22-70-57(78)12-7-4-8-23-75-59(80)19-20-60(75)81/h3,5-6,10-11,13-20,26,29-32,34-37,45-46,61-64,68,82-84H,4,7-9,12,21-25,27-28,33,38H2,1-2H3,(H,70,78)(H,73,89)(H,74,79)(H,87,88)/t45-,46-,61?,62+,63?,64?,68+/m0/s1. The number of carbonyl (C=O) groups excluding carboxylic acids is 7. The number of ether oxygens (including phenoxy) is 7. The molecule has 0 aromatic heterocycles. The molecule has 7 atom stereocenters. The molecule has 500 valence electrons. The maximum atomic E-state index is 14.2. The maximum absolute atomic E-state index is 14.2. The van der Waals surface area contributed by atoms with E-state index in [4.69, 9.17) is 43.1 Å². The molecule has 0 radical (unpaired) electrons. The van der Waals surface area contributed by atoms with Crippen LogP contribution in [0.2, 0.25) is 0 Å². The van der Waals surface area contributed by atoms with Gasteiger partial charge in [0.1, 0.15) is 30.7 Å². The number of imide groups is 1. The molecule has 27 heteroatoms. The number of alkyl carbamates (subject to hydrolysis) is 1. The summed E-state index contributed by atoms with van der Waals surface area (Å²) in [6.07, 6.45) is 2.17. The summed E-state index contributed by atoms with van der Waals surface area (Å²) in [5.74, 6) is -2.40. The molecule has 6 aliphatic rings. The quantitative estimate of drug-likeness (QED) is 0.0230. The maximum Gasteiger partial charge on any atom is 0.407 e. The Bertz CT molecular complexity index is 3970. The number of nitrogens with zero attached hydrogens (tertiary/aromatic N) is 5. The van der Waals surface area contributed by atoms with Gasteiger partial charge in [0, 0.05) is 101 Å². The predicted octanol–water partition coefficient (Wildman–Crippen LogP) is 6.12. The Morgan fingerprint density at radius 2 is 1.21 bits per heavy atom. The molecule has 7 amide bonds. The number of anilines is 1. The molecule has 1 saturated heterocycles. The predicted molar refractivity (Wildman–Crippen MR) is 345 cm³/mol. The van der Waals surface area contributed by atoms with Gasteiger partial charge < -0.3 is 79.3 Å². The van der Waals surface area contributed by atoms with Crippen molar-refractivity contribution in [2.24, 2.45) is 9.98 Å². The Morgan fingerprint density at radius 3 is 1.80 bits per heavy atom. The lowest BCUT2D eigenvalue weighted by atomic mass is 9.99. The smallest absolute Gasteiger partial charge is 0.407 e. The Morgan fingerprint density at radius 1 is 0.615 bits per heavy atom. The van der Waals surface area contributed by atoms with E-state index in [2.05, 4.69) is 16.0 Å². The molecule has 1 fully saturated rings. The molecule has 5 aromatic rings. The third-order valence-electron chi connectivity index (χ3n) is 16.7. The molecular weight excluding hydrogens is 1240 g/mol. The second-order valence-corrected chi connectivity index (χ2v) is 23.2. The number of aliphatic hydroxyl groups is 3. The number of aliphatic carboxylic acids is 1. The number of fused-ring (bicyclic) bond motifs is 4. The van der Waals surface area contributed by atoms with E-state index < -0.39 is 48.7 Å². The molecule has 27 nitrogen and oxygen atoms in total. The van der Waals surface area contributed by atoms with E-state index >= 15 is 0 Å². The second-order valence-electron chi connectivity index (χ2n) is 23.2. The first kappa shape index (κ1) is 66.7. The van der Waals surface area contributed by atoms with E-state index in [0.717, 1.165) is 32.7 Å². The largest absolute Gasteiger partial charge is 0.493 e. The van der Waals surface area contributed by atoms with Gasteiger partial charge in [-0.25, -0.2) is 9.59 Å². The van der Waals surface area contributed by atoms with Crippen LogP contribution in [0.3, 0.4) is 0 Å². The van der Waals surface area contributed by atoms with Crippen molar-refractivity contribution in [3.63, 3.8) is 0 Å². The van der Waals surface area contributed by atoms with Crippen molar-refractivity contribution >= 4 is 88.1 Å². The van der Waals surface area contributed by atoms with Crippen LogP contribution in [0.5, 0.6) is 28.7 Å². The highest BCUT2D eigenvalue weighted by Gasteiger charge is 2.48. The average Bonchev–Trinajstić information content (AvgIpc) is 1.52. The highest BCUT2D eigenvalue weighted by Crippen LogP contribution is 2.42. The van der Waals surface area contributed by atoms with Gasteiger partial charge in [-0.2, -0.15) is 0 Å². The van der Waals surface area contributed by atoms with Gasteiger partial charge in [-0.1, -0.05) is 67.1 Å². The molecule has 7 N–H and O–H groups in total. The zero-order chi connectivity index (χ0) is 67.6. The Labute approximate surface area is 550 Å². The van der Waals surface area contributed by atoms with Crippen LogP contribution in [0.25, 0.3) is 11.1 Å². The third-order valence-corrected chi connectivity index (χ3v) is 16.7. The zero-order valence-corrected chi connectivity index (χ0v) is 52.3. The topological polar surface area (TPSA) is 353 Å². The fraction of sp³-hybridized carbons (Fsp3) is 0.333. The molecule has 0 aliphatic carbocycles. The van der Waals surface area contributed by atoms with Crippen molar-refractivity contribution in [2.45, 2.75) is 107 Å². The highest BCUT2D eigenvalue weighted by atomic mass is 16.7. The highest BCUT2D eigenvalue weighted by molar-refractivity contribution is 6.13. The van der Waals surface area contributed by atoms with E-state index in [1.54, 1.807) is 52.7 Å². The Balaban J connectivity index is 0.646. The van der Waals surface area contributed by atoms with Crippen LogP contribution in [0.1, 0.15) is 94.3 Å². The van der Waals surface area contributed by atoms with Crippen LogP contribution in [-0.4, -0.2) is 178 Å². The monoisotopic (exact) mass is 1310 g/mol. The molecule has 96 heavy (non-hydrogen) atoms. The molecule has 3 unspecified atom stereocenters. The van der Waals surface area contributed by atoms with Gasteiger partial charge in [-0.3, -0.25) is 43.7 Å². The molecule has 0 spiro atoms. The van der Waals surface area contributed by atoms with Gasteiger partial charge in [0.25, 0.3) is 23.6 Å². The number of methoxy groups -OCH3 is 2. The fourth-order valence-electron chi connectivity index (χ4n) is 11.6. The fourth-order valence-corrected chi connectivity index (χ4v) is 11.6. The number of nitrogens with one attached hydrogen (secondary N) is 3. The molecule has 11 rings (SSSR count). The van der Waals surface area contributed by atoms with E-state index in [-0.39, 0.29) is 105 Å². The molecule has 5 aromatic carbocycles. The first-order valence-electron chi connectivity index (χ1n) is 31.2. The number of hydrogen-bond acceptors (Lipinski definition) is 20. The third kappa shape index (κ3) is 15.4. The summed E-state index contributed by atoms with van der Waals surface area (Å²) < 4.78 is 40.2. The lowest BCUT2D eigenvalue weighted by molar-refractivity contribution is -0.271. The average molecular weight is 1320 g/mol. The molecular formula is C69H70N8O19. The summed E-state index contributed by atoms with van der Waals surface area (Å²) in [5, 5.41) is 48.8. The number of carboxylic acid groups (broad SMARTS) is 1. The summed E-state index contributed by atoms with van der Waals surface area (Å²) in [6.45, 7) is 0.390. The SMILES string of the molecule is COc1cc2c(cc1OCCCOc1cc3c(cc1OC)C(=O)N1C=C(c4ccc(CNC(=O)OCc5ccc(O[C@@H]6OC(C(=O)O)[C@H](O)C(O)C6O)c(NC(=O)CCNC(=O)CCCCCN6C(=O)C=CC6=O)c5)cc4)C[C@H]1C=N3)N=C[C@@H]1CC(c3ccccc3)=CN1C2=O. The minimum atomic E-state index is -1.99. The van der Waals surface area contributed by atoms with Crippen molar-refractivity contribution in [3.8, 4) is 28.7 Å². The van der Waals surface area contributed by atoms with Crippen molar-refractivity contribution < 1.29 is 91.9 Å². The first-order chi connectivity index (χ1) is 46.4. The molecule has 0 saturated carbocycles. The number of unbranched alkanes of at least 4 members (excludes halogenated alkanes) is 2. The Hall–Kier alpha value is -10.7. The molecule has 6 heterocycles. The van der Waals surface area contributed by atoms with Crippen LogP contribution in [0.15, 0.2) is 132 Å². The number of aliphatic imine (C=N–C) groups is 2. The minimum Gasteiger partial charge on any atom is -0.493 e. The van der Waals surface area contributed by atoms with Gasteiger partial charge in [0.2, 0.25) is 18.1 Å². The number of carbonyl (C=O) groups is 8.